The van der Waals surface area contributed by atoms with Gasteiger partial charge in [-0.15, -0.1) is 0 Å². The molecule has 0 amide bonds. The van der Waals surface area contributed by atoms with Crippen molar-refractivity contribution < 1.29 is 0 Å². The van der Waals surface area contributed by atoms with Crippen LogP contribution in [-0.4, -0.2) is 0 Å². The van der Waals surface area contributed by atoms with Crippen molar-refractivity contribution in [3.8, 4) is 11.1 Å². The van der Waals surface area contributed by atoms with Gasteiger partial charge >= 0.3 is 0 Å². The second-order valence-corrected chi connectivity index (χ2v) is 3.76. The monoisotopic (exact) mass is 191 g/mol. The molecule has 2 aromatic rings. The topological polar surface area (TPSA) is 0 Å². The largest absolute Gasteiger partial charge is 0.0716 e. The van der Waals surface area contributed by atoms with Crippen molar-refractivity contribution in [1.29, 1.82) is 0 Å². The Morgan fingerprint density at radius 3 is 2.47 bits per heavy atom. The summed E-state index contributed by atoms with van der Waals surface area (Å²) >= 11 is 0. The molecule has 15 heavy (non-hydrogen) atoms. The third-order valence-electron chi connectivity index (χ3n) is 2.81. The fraction of sp³-hybridized carbons (Fsp3) is 0.0667. The summed E-state index contributed by atoms with van der Waals surface area (Å²) in [6.07, 6.45) is 6.44. The highest BCUT2D eigenvalue weighted by Crippen LogP contribution is 2.29. The zero-order valence-corrected chi connectivity index (χ0v) is 8.40. The van der Waals surface area contributed by atoms with Crippen molar-refractivity contribution in [1.82, 2.24) is 0 Å². The Kier molecular flexibility index (Phi) is 1.92. The van der Waals surface area contributed by atoms with E-state index in [1.807, 2.05) is 0 Å². The fourth-order valence-corrected chi connectivity index (χ4v) is 2.08. The first-order chi connectivity index (χ1) is 7.45. The van der Waals surface area contributed by atoms with E-state index in [9.17, 15) is 0 Å². The van der Waals surface area contributed by atoms with Crippen LogP contribution in [0.3, 0.4) is 0 Å². The zero-order chi connectivity index (χ0) is 10.1. The smallest absolute Gasteiger partial charge is 0.00818 e. The van der Waals surface area contributed by atoms with E-state index < -0.39 is 0 Å². The molecule has 71 valence electrons. The van der Waals surface area contributed by atoms with Crippen LogP contribution in [0.15, 0.2) is 54.6 Å². The summed E-state index contributed by atoms with van der Waals surface area (Å²) in [4.78, 5) is 0. The van der Waals surface area contributed by atoms with Gasteiger partial charge in [-0.25, -0.2) is 0 Å². The van der Waals surface area contributed by atoms with E-state index in [2.05, 4.69) is 60.7 Å². The number of allylic oxidation sites excluding steroid dienone is 1. The average molecular weight is 191 g/mol. The second-order valence-electron chi connectivity index (χ2n) is 3.76. The second kappa shape index (κ2) is 3.39. The van der Waals surface area contributed by atoms with Gasteiger partial charge in [0.2, 0.25) is 0 Å². The van der Waals surface area contributed by atoms with E-state index >= 15 is 0 Å². The van der Waals surface area contributed by atoms with E-state index in [4.69, 9.17) is 0 Å². The first kappa shape index (κ1) is 8.49. The average Bonchev–Trinajstić information content (AvgIpc) is 2.48. The van der Waals surface area contributed by atoms with Crippen molar-refractivity contribution in [2.45, 2.75) is 6.42 Å². The maximum atomic E-state index is 3.35. The Labute approximate surface area is 89.9 Å². The lowest BCUT2D eigenvalue weighted by Gasteiger charge is -2.07. The molecular formula is C15H11. The first-order valence-electron chi connectivity index (χ1n) is 5.21. The van der Waals surface area contributed by atoms with Crippen molar-refractivity contribution in [2.75, 3.05) is 0 Å². The molecule has 0 saturated heterocycles. The molecule has 1 aliphatic rings. The maximum absolute atomic E-state index is 3.35. The van der Waals surface area contributed by atoms with Gasteiger partial charge in [0.25, 0.3) is 0 Å². The van der Waals surface area contributed by atoms with Crippen LogP contribution in [0.25, 0.3) is 11.1 Å². The molecule has 0 saturated carbocycles. The Bertz CT molecular complexity index is 521. The molecule has 1 aliphatic carbocycles. The van der Waals surface area contributed by atoms with Crippen molar-refractivity contribution >= 4 is 0 Å². The third kappa shape index (κ3) is 1.39. The molecule has 0 N–H and O–H groups in total. The molecule has 0 aliphatic heterocycles. The highest BCUT2D eigenvalue weighted by molar-refractivity contribution is 5.73. The van der Waals surface area contributed by atoms with Gasteiger partial charge in [0.05, 0.1) is 0 Å². The van der Waals surface area contributed by atoms with Crippen LogP contribution < -0.4 is 0 Å². The van der Waals surface area contributed by atoms with Crippen LogP contribution in [0.4, 0.5) is 0 Å². The van der Waals surface area contributed by atoms with Crippen LogP contribution in [-0.2, 0) is 6.42 Å². The van der Waals surface area contributed by atoms with Gasteiger partial charge in [0.15, 0.2) is 0 Å². The summed E-state index contributed by atoms with van der Waals surface area (Å²) in [6, 6.07) is 17.0. The molecule has 0 spiro atoms. The summed E-state index contributed by atoms with van der Waals surface area (Å²) in [7, 11) is 0. The minimum absolute atomic E-state index is 0.977. The van der Waals surface area contributed by atoms with Crippen LogP contribution in [0.2, 0.25) is 0 Å². The molecule has 0 nitrogen and oxygen atoms in total. The van der Waals surface area contributed by atoms with E-state index in [-0.39, 0.29) is 0 Å². The maximum Gasteiger partial charge on any atom is -0.00818 e. The fourth-order valence-electron chi connectivity index (χ4n) is 2.08. The van der Waals surface area contributed by atoms with Crippen LogP contribution in [0, 0.1) is 6.08 Å². The van der Waals surface area contributed by atoms with Crippen LogP contribution in [0.1, 0.15) is 11.1 Å². The minimum atomic E-state index is 0.977. The summed E-state index contributed by atoms with van der Waals surface area (Å²) < 4.78 is 0. The Morgan fingerprint density at radius 1 is 0.800 bits per heavy atom. The third-order valence-corrected chi connectivity index (χ3v) is 2.81. The van der Waals surface area contributed by atoms with E-state index in [1.54, 1.807) is 0 Å². The summed E-state index contributed by atoms with van der Waals surface area (Å²) in [6.45, 7) is 0. The van der Waals surface area contributed by atoms with E-state index in [0.717, 1.165) is 6.42 Å². The summed E-state index contributed by atoms with van der Waals surface area (Å²) in [5.41, 5.74) is 5.22. The molecule has 0 heterocycles. The lowest BCUT2D eigenvalue weighted by atomic mass is 9.97. The highest BCUT2D eigenvalue weighted by Gasteiger charge is 2.09. The van der Waals surface area contributed by atoms with Crippen molar-refractivity contribution in [2.24, 2.45) is 0 Å². The Hall–Kier alpha value is -1.82. The standard InChI is InChI=1S/C15H11/c1-3-10-14-12(6-1)8-5-9-13-7-2-4-11-15(13)14/h1-7,10-11H,8H2. The molecule has 0 atom stereocenters. The molecule has 0 unspecified atom stereocenters. The molecule has 2 aromatic carbocycles. The van der Waals surface area contributed by atoms with Gasteiger partial charge in [0, 0.05) is 0 Å². The molecule has 0 fully saturated rings. The number of benzene rings is 2. The molecule has 3 rings (SSSR count). The highest BCUT2D eigenvalue weighted by atomic mass is 14.1. The first-order valence-corrected chi connectivity index (χ1v) is 5.21. The Balaban J connectivity index is 2.33. The summed E-state index contributed by atoms with van der Waals surface area (Å²) in [5.74, 6) is 0. The predicted octanol–water partition coefficient (Wildman–Crippen LogP) is 3.62. The van der Waals surface area contributed by atoms with Gasteiger partial charge in [0.1, 0.15) is 0 Å². The zero-order valence-electron chi connectivity index (χ0n) is 8.40. The van der Waals surface area contributed by atoms with Crippen LogP contribution in [0.5, 0.6) is 0 Å². The van der Waals surface area contributed by atoms with Gasteiger partial charge in [-0.1, -0.05) is 54.6 Å². The minimum Gasteiger partial charge on any atom is -0.0716 e. The lowest BCUT2D eigenvalue weighted by Crippen LogP contribution is -1.86. The quantitative estimate of drug-likeness (QED) is 0.596. The number of hydrogen-bond donors (Lipinski definition) is 0. The number of hydrogen-bond acceptors (Lipinski definition) is 0. The molecule has 0 bridgehead atoms. The van der Waals surface area contributed by atoms with Gasteiger partial charge in [-0.05, 0) is 34.8 Å². The molecule has 1 radical (unpaired) electrons. The number of rotatable bonds is 0. The van der Waals surface area contributed by atoms with Crippen LogP contribution >= 0.6 is 0 Å². The SMILES string of the molecule is [C]1=CCc2ccccc2-c2ccccc21. The molecular weight excluding hydrogens is 180 g/mol. The van der Waals surface area contributed by atoms with Crippen molar-refractivity contribution in [3.63, 3.8) is 0 Å². The van der Waals surface area contributed by atoms with Gasteiger partial charge in [-0.3, -0.25) is 0 Å². The van der Waals surface area contributed by atoms with Gasteiger partial charge < -0.3 is 0 Å². The predicted molar refractivity (Wildman–Crippen MR) is 62.5 cm³/mol. The lowest BCUT2D eigenvalue weighted by molar-refractivity contribution is 1.28. The Morgan fingerprint density at radius 2 is 1.53 bits per heavy atom. The van der Waals surface area contributed by atoms with Crippen molar-refractivity contribution in [3.05, 3.63) is 71.8 Å². The van der Waals surface area contributed by atoms with Gasteiger partial charge in [-0.2, -0.15) is 0 Å². The molecule has 0 aromatic heterocycles. The summed E-state index contributed by atoms with van der Waals surface area (Å²) in [5, 5.41) is 0. The van der Waals surface area contributed by atoms with E-state index in [1.165, 1.54) is 22.3 Å². The number of fused-ring (bicyclic) bond motifs is 3. The normalized spacial score (nSPS) is 12.8. The molecule has 0 heteroatoms. The van der Waals surface area contributed by atoms with E-state index in [0.29, 0.717) is 0 Å².